The summed E-state index contributed by atoms with van der Waals surface area (Å²) in [6.07, 6.45) is 3.19. The average molecular weight is 458 g/mol. The molecule has 0 saturated carbocycles. The van der Waals surface area contributed by atoms with Gasteiger partial charge in [0.05, 0.1) is 25.3 Å². The summed E-state index contributed by atoms with van der Waals surface area (Å²) in [4.78, 5) is 32.0. The largest absolute Gasteiger partial charge is 0.507 e. The van der Waals surface area contributed by atoms with Crippen LogP contribution in [0.2, 0.25) is 0 Å². The first-order valence-corrected chi connectivity index (χ1v) is 10.8. The van der Waals surface area contributed by atoms with Crippen molar-refractivity contribution in [1.29, 1.82) is 0 Å². The number of aliphatic hydroxyl groups is 1. The van der Waals surface area contributed by atoms with Gasteiger partial charge in [0.1, 0.15) is 24.7 Å². The molecule has 8 nitrogen and oxygen atoms in total. The van der Waals surface area contributed by atoms with Crippen molar-refractivity contribution in [3.8, 4) is 17.2 Å². The van der Waals surface area contributed by atoms with Crippen LogP contribution in [-0.4, -0.2) is 47.0 Å². The Hall–Kier alpha value is -4.33. The zero-order valence-corrected chi connectivity index (χ0v) is 18.4. The van der Waals surface area contributed by atoms with Gasteiger partial charge in [0.25, 0.3) is 11.7 Å². The van der Waals surface area contributed by atoms with Crippen LogP contribution in [0, 0.1) is 0 Å². The van der Waals surface area contributed by atoms with E-state index in [0.717, 1.165) is 5.56 Å². The van der Waals surface area contributed by atoms with E-state index in [2.05, 4.69) is 4.98 Å². The molecule has 1 atom stereocenters. The van der Waals surface area contributed by atoms with Gasteiger partial charge in [0, 0.05) is 23.5 Å². The van der Waals surface area contributed by atoms with E-state index in [0.29, 0.717) is 41.6 Å². The van der Waals surface area contributed by atoms with Crippen LogP contribution in [0.5, 0.6) is 17.2 Å². The number of carbonyl (C=O) groups is 2. The number of pyridine rings is 1. The molecule has 8 heteroatoms. The lowest BCUT2D eigenvalue weighted by atomic mass is 9.96. The van der Waals surface area contributed by atoms with Gasteiger partial charge in [0.2, 0.25) is 0 Å². The molecule has 0 aliphatic carbocycles. The third kappa shape index (κ3) is 3.73. The Kier molecular flexibility index (Phi) is 5.63. The quantitative estimate of drug-likeness (QED) is 0.355. The third-order valence-corrected chi connectivity index (χ3v) is 5.89. The van der Waals surface area contributed by atoms with Gasteiger partial charge in [-0.15, -0.1) is 0 Å². The first-order chi connectivity index (χ1) is 16.6. The molecule has 0 spiro atoms. The second-order valence-corrected chi connectivity index (χ2v) is 7.88. The Morgan fingerprint density at radius 3 is 2.65 bits per heavy atom. The van der Waals surface area contributed by atoms with E-state index in [9.17, 15) is 14.7 Å². The molecule has 0 bridgehead atoms. The van der Waals surface area contributed by atoms with Gasteiger partial charge in [-0.2, -0.15) is 0 Å². The van der Waals surface area contributed by atoms with Crippen molar-refractivity contribution in [2.24, 2.45) is 0 Å². The molecule has 1 unspecified atom stereocenters. The molecular formula is C26H22N2O6. The molecule has 1 aromatic heterocycles. The highest BCUT2D eigenvalue weighted by Crippen LogP contribution is 2.42. The monoisotopic (exact) mass is 458 g/mol. The number of hydrogen-bond donors (Lipinski definition) is 1. The first-order valence-electron chi connectivity index (χ1n) is 10.8. The van der Waals surface area contributed by atoms with Crippen LogP contribution in [0.3, 0.4) is 0 Å². The van der Waals surface area contributed by atoms with Gasteiger partial charge in [-0.05, 0) is 35.9 Å². The van der Waals surface area contributed by atoms with Crippen LogP contribution in [0.15, 0.2) is 72.6 Å². The predicted octanol–water partition coefficient (Wildman–Crippen LogP) is 3.48. The molecule has 1 amide bonds. The highest BCUT2D eigenvalue weighted by molar-refractivity contribution is 6.46. The maximum absolute atomic E-state index is 13.2. The topological polar surface area (TPSA) is 98.2 Å². The molecular weight excluding hydrogens is 436 g/mol. The van der Waals surface area contributed by atoms with Crippen LogP contribution in [0.4, 0.5) is 0 Å². The van der Waals surface area contributed by atoms with E-state index in [1.54, 1.807) is 55.9 Å². The molecule has 0 radical (unpaired) electrons. The predicted molar refractivity (Wildman–Crippen MR) is 123 cm³/mol. The van der Waals surface area contributed by atoms with E-state index in [1.807, 2.05) is 18.2 Å². The number of para-hydroxylation sites is 1. The number of aromatic nitrogens is 1. The van der Waals surface area contributed by atoms with Crippen molar-refractivity contribution in [3.63, 3.8) is 0 Å². The molecule has 1 saturated heterocycles. The highest BCUT2D eigenvalue weighted by Gasteiger charge is 2.46. The molecule has 1 N–H and O–H groups in total. The Balaban J connectivity index is 1.62. The molecule has 2 aromatic carbocycles. The van der Waals surface area contributed by atoms with Crippen LogP contribution in [0.1, 0.15) is 22.7 Å². The van der Waals surface area contributed by atoms with Crippen LogP contribution < -0.4 is 14.2 Å². The number of methoxy groups -OCH3 is 1. The van der Waals surface area contributed by atoms with Crippen LogP contribution in [0.25, 0.3) is 5.76 Å². The number of amides is 1. The van der Waals surface area contributed by atoms with E-state index in [-0.39, 0.29) is 17.9 Å². The number of carbonyl (C=O) groups excluding carboxylic acids is 2. The molecule has 3 heterocycles. The second-order valence-electron chi connectivity index (χ2n) is 7.88. The number of rotatable bonds is 5. The lowest BCUT2D eigenvalue weighted by molar-refractivity contribution is -0.140. The van der Waals surface area contributed by atoms with Crippen molar-refractivity contribution >= 4 is 17.4 Å². The minimum absolute atomic E-state index is 0.00965. The van der Waals surface area contributed by atoms with Gasteiger partial charge >= 0.3 is 0 Å². The smallest absolute Gasteiger partial charge is 0.295 e. The summed E-state index contributed by atoms with van der Waals surface area (Å²) in [6, 6.07) is 14.9. The van der Waals surface area contributed by atoms with Gasteiger partial charge in [0.15, 0.2) is 11.5 Å². The number of benzene rings is 2. The van der Waals surface area contributed by atoms with Crippen molar-refractivity contribution in [1.82, 2.24) is 9.88 Å². The van der Waals surface area contributed by atoms with Crippen molar-refractivity contribution in [2.45, 2.75) is 12.6 Å². The lowest BCUT2D eigenvalue weighted by Crippen LogP contribution is -2.29. The molecule has 172 valence electrons. The van der Waals surface area contributed by atoms with Crippen LogP contribution >= 0.6 is 0 Å². The van der Waals surface area contributed by atoms with Gasteiger partial charge in [-0.25, -0.2) is 0 Å². The fourth-order valence-corrected chi connectivity index (χ4v) is 4.29. The molecule has 2 aliphatic rings. The van der Waals surface area contributed by atoms with Crippen molar-refractivity contribution in [2.75, 3.05) is 20.3 Å². The van der Waals surface area contributed by atoms with E-state index in [1.165, 1.54) is 4.90 Å². The Morgan fingerprint density at radius 2 is 1.88 bits per heavy atom. The summed E-state index contributed by atoms with van der Waals surface area (Å²) in [5, 5.41) is 11.3. The van der Waals surface area contributed by atoms with Gasteiger partial charge in [-0.3, -0.25) is 14.6 Å². The maximum Gasteiger partial charge on any atom is 0.295 e. The Morgan fingerprint density at radius 1 is 1.09 bits per heavy atom. The summed E-state index contributed by atoms with van der Waals surface area (Å²) in [7, 11) is 1.55. The van der Waals surface area contributed by atoms with E-state index in [4.69, 9.17) is 14.2 Å². The standard InChI is InChI=1S/C26H22N2O6/c1-32-19-7-3-2-5-18(19)15-28-23(17-6-4-10-27-14-17)22(25(30)26(28)31)24(29)16-8-9-20-21(13-16)34-12-11-33-20/h2-10,13-14,23,29H,11-12,15H2,1H3/b24-22-. The fourth-order valence-electron chi connectivity index (χ4n) is 4.29. The molecule has 3 aromatic rings. The summed E-state index contributed by atoms with van der Waals surface area (Å²) in [6.45, 7) is 0.940. The van der Waals surface area contributed by atoms with Crippen LogP contribution in [-0.2, 0) is 16.1 Å². The fraction of sp³-hybridized carbons (Fsp3) is 0.192. The number of hydrogen-bond acceptors (Lipinski definition) is 7. The maximum atomic E-state index is 13.2. The number of aliphatic hydroxyl groups excluding tert-OH is 1. The number of ketones is 1. The minimum atomic E-state index is -0.827. The third-order valence-electron chi connectivity index (χ3n) is 5.89. The number of nitrogens with zero attached hydrogens (tertiary/aromatic N) is 2. The Bertz CT molecular complexity index is 1290. The summed E-state index contributed by atoms with van der Waals surface area (Å²) in [5.74, 6) is -0.136. The summed E-state index contributed by atoms with van der Waals surface area (Å²) in [5.41, 5.74) is 1.69. The second kappa shape index (κ2) is 8.90. The van der Waals surface area contributed by atoms with Gasteiger partial charge < -0.3 is 24.2 Å². The molecule has 1 fully saturated rings. The van der Waals surface area contributed by atoms with Crippen molar-refractivity contribution < 1.29 is 28.9 Å². The zero-order chi connectivity index (χ0) is 23.7. The number of ether oxygens (including phenoxy) is 3. The van der Waals surface area contributed by atoms with E-state index >= 15 is 0 Å². The molecule has 34 heavy (non-hydrogen) atoms. The Labute approximate surface area is 196 Å². The molecule has 2 aliphatic heterocycles. The summed E-state index contributed by atoms with van der Waals surface area (Å²) < 4.78 is 16.6. The zero-order valence-electron chi connectivity index (χ0n) is 18.4. The van der Waals surface area contributed by atoms with E-state index < -0.39 is 17.7 Å². The van der Waals surface area contributed by atoms with Crippen molar-refractivity contribution in [3.05, 3.63) is 89.3 Å². The molecule has 5 rings (SSSR count). The number of fused-ring (bicyclic) bond motifs is 1. The normalized spacial score (nSPS) is 18.7. The minimum Gasteiger partial charge on any atom is -0.507 e. The average Bonchev–Trinajstić information content (AvgIpc) is 3.13. The lowest BCUT2D eigenvalue weighted by Gasteiger charge is -2.26. The van der Waals surface area contributed by atoms with Gasteiger partial charge in [-0.1, -0.05) is 24.3 Å². The highest BCUT2D eigenvalue weighted by atomic mass is 16.6. The number of Topliss-reactive ketones (excluding diaryl/α,β-unsaturated/α-hetero) is 1. The summed E-state index contributed by atoms with van der Waals surface area (Å²) >= 11 is 0. The first kappa shape index (κ1) is 21.5. The SMILES string of the molecule is COc1ccccc1CN1C(=O)C(=O)/C(=C(\O)c2ccc3c(c2)OCCO3)C1c1cccnc1. The number of likely N-dealkylation sites (tertiary alicyclic amines) is 1.